The molecule has 0 spiro atoms. The number of hydrogen-bond acceptors (Lipinski definition) is 10. The van der Waals surface area contributed by atoms with Crippen LogP contribution in [0.15, 0.2) is 72.8 Å². The molecule has 4 fully saturated rings. The van der Waals surface area contributed by atoms with E-state index in [0.29, 0.717) is 54.6 Å². The molecule has 2 unspecified atom stereocenters. The van der Waals surface area contributed by atoms with E-state index in [4.69, 9.17) is 38.4 Å². The number of halogens is 3. The summed E-state index contributed by atoms with van der Waals surface area (Å²) < 4.78 is 28.2. The molecule has 4 aromatic carbocycles. The number of fused-ring (bicyclic) bond motifs is 1. The highest BCUT2D eigenvalue weighted by atomic mass is 35.5. The number of amides is 6. The number of nitrogens with zero attached hydrogens (tertiary/aromatic N) is 3. The fourth-order valence-corrected chi connectivity index (χ4v) is 11.6. The molecule has 4 aromatic rings. The van der Waals surface area contributed by atoms with Crippen molar-refractivity contribution in [3.8, 4) is 16.9 Å². The normalized spacial score (nSPS) is 21.7. The highest BCUT2D eigenvalue weighted by Gasteiger charge is 2.46. The Morgan fingerprint density at radius 2 is 1.50 bits per heavy atom. The second-order valence-electron chi connectivity index (χ2n) is 18.9. The Morgan fingerprint density at radius 3 is 2.17 bits per heavy atom. The minimum atomic E-state index is -1.02. The summed E-state index contributed by atoms with van der Waals surface area (Å²) in [4.78, 5) is 83.0. The number of ether oxygens (including phenoxy) is 2. The smallest absolute Gasteiger partial charge is 0.264 e. The van der Waals surface area contributed by atoms with Crippen LogP contribution >= 0.6 is 23.2 Å². The first-order valence-electron chi connectivity index (χ1n) is 24.4. The Kier molecular flexibility index (Phi) is 14.9. The molecule has 4 aliphatic heterocycles. The molecule has 9 rings (SSSR count). The Bertz CT molecular complexity index is 2680. The van der Waals surface area contributed by atoms with E-state index in [2.05, 4.69) is 15.5 Å². The number of benzene rings is 4. The van der Waals surface area contributed by atoms with Gasteiger partial charge in [0.2, 0.25) is 23.6 Å². The molecule has 368 valence electrons. The Hall–Kier alpha value is -5.87. The second-order valence-corrected chi connectivity index (χ2v) is 19.7. The number of imide groups is 2. The highest BCUT2D eigenvalue weighted by molar-refractivity contribution is 6.37. The van der Waals surface area contributed by atoms with Crippen LogP contribution in [0.1, 0.15) is 119 Å². The van der Waals surface area contributed by atoms with Gasteiger partial charge in [-0.25, -0.2) is 4.39 Å². The van der Waals surface area contributed by atoms with Crippen molar-refractivity contribution < 1.29 is 42.6 Å². The summed E-state index contributed by atoms with van der Waals surface area (Å²) in [7, 11) is 0. The number of hydrogen-bond donors (Lipinski definition) is 3. The van der Waals surface area contributed by atoms with Crippen LogP contribution < -0.4 is 26.0 Å². The molecule has 0 radical (unpaired) electrons. The number of piperidine rings is 3. The quantitative estimate of drug-likeness (QED) is 0.106. The highest BCUT2D eigenvalue weighted by Crippen LogP contribution is 2.43. The van der Waals surface area contributed by atoms with Gasteiger partial charge in [0.15, 0.2) is 11.6 Å². The van der Waals surface area contributed by atoms with E-state index in [-0.39, 0.29) is 88.5 Å². The van der Waals surface area contributed by atoms with Crippen molar-refractivity contribution in [2.45, 2.75) is 101 Å². The van der Waals surface area contributed by atoms with Crippen LogP contribution in [-0.2, 0) is 19.1 Å². The predicted octanol–water partition coefficient (Wildman–Crippen LogP) is 7.66. The van der Waals surface area contributed by atoms with Crippen LogP contribution in [0.4, 0.5) is 10.1 Å². The number of primary amides is 1. The third-order valence-electron chi connectivity index (χ3n) is 14.7. The van der Waals surface area contributed by atoms with Crippen LogP contribution in [0, 0.1) is 11.7 Å². The standard InChI is InChI=1S/C53H57Cl2FN6O8/c1-2-69-44-17-15-35(49(57)64)46(48(44)56)38-27-37(40(54)28-41(38)55)39(30-7-4-3-5-8-30)29-58-32-13-11-31(12-14-32)51(66)61-25-21-34(22-26-61)70-33-19-23-60(24-20-33)42-10-6-9-36-47(42)53(68)62(52(36)67)43-16-18-45(63)59-50(43)65/h3-10,15,17,27-28,31-34,39,43,58H,2,11-14,16,18-26,29H2,1H3,(H2,57,64)(H,59,63,65). The molecule has 0 bridgehead atoms. The Balaban J connectivity index is 0.764. The first-order chi connectivity index (χ1) is 33.8. The maximum Gasteiger partial charge on any atom is 0.264 e. The van der Waals surface area contributed by atoms with Crippen molar-refractivity contribution in [1.29, 1.82) is 0 Å². The van der Waals surface area contributed by atoms with Gasteiger partial charge in [0.25, 0.3) is 11.8 Å². The number of carbonyl (C=O) groups excluding carboxylic acids is 6. The van der Waals surface area contributed by atoms with Crippen molar-refractivity contribution in [3.63, 3.8) is 0 Å². The van der Waals surface area contributed by atoms with Gasteiger partial charge in [-0.3, -0.25) is 39.0 Å². The van der Waals surface area contributed by atoms with Crippen molar-refractivity contribution >= 4 is 64.3 Å². The number of carbonyl (C=O) groups is 6. The van der Waals surface area contributed by atoms with Gasteiger partial charge in [0, 0.05) is 73.2 Å². The maximum atomic E-state index is 16.1. The van der Waals surface area contributed by atoms with Gasteiger partial charge in [-0.05, 0) is 112 Å². The molecular formula is C53H57Cl2FN6O8. The van der Waals surface area contributed by atoms with E-state index in [9.17, 15) is 28.8 Å². The lowest BCUT2D eigenvalue weighted by Gasteiger charge is -2.39. The zero-order valence-corrected chi connectivity index (χ0v) is 40.5. The van der Waals surface area contributed by atoms with Crippen LogP contribution in [0.25, 0.3) is 11.1 Å². The first kappa shape index (κ1) is 49.1. The zero-order valence-electron chi connectivity index (χ0n) is 39.0. The average molecular weight is 996 g/mol. The van der Waals surface area contributed by atoms with Crippen molar-refractivity contribution in [3.05, 3.63) is 116 Å². The van der Waals surface area contributed by atoms with Crippen molar-refractivity contribution in [2.24, 2.45) is 11.7 Å². The van der Waals surface area contributed by atoms with Crippen LogP contribution in [0.5, 0.6) is 5.75 Å². The summed E-state index contributed by atoms with van der Waals surface area (Å²) in [5, 5.41) is 6.57. The summed E-state index contributed by atoms with van der Waals surface area (Å²) in [6.45, 7) is 5.00. The van der Waals surface area contributed by atoms with Gasteiger partial charge in [0.05, 0.1) is 46.2 Å². The number of rotatable bonds is 14. The van der Waals surface area contributed by atoms with E-state index < -0.39 is 41.4 Å². The van der Waals surface area contributed by atoms with E-state index in [1.54, 1.807) is 31.2 Å². The monoisotopic (exact) mass is 994 g/mol. The number of anilines is 1. The van der Waals surface area contributed by atoms with Gasteiger partial charge in [0.1, 0.15) is 6.04 Å². The number of nitrogens with one attached hydrogen (secondary N) is 2. The SMILES string of the molecule is CCOc1ccc(C(N)=O)c(-c2cc(C(CNC3CCC(C(=O)N4CCC(OC5CCN(c6cccc7c6C(=O)N(C6CCC(=O)NC6=O)C7=O)CC5)CC4)CC3)c3ccccc3)c(Cl)cc2Cl)c1F. The van der Waals surface area contributed by atoms with Gasteiger partial charge in [-0.15, -0.1) is 0 Å². The minimum absolute atomic E-state index is 0.0203. The molecule has 2 atom stereocenters. The second kappa shape index (κ2) is 21.2. The van der Waals surface area contributed by atoms with Crippen molar-refractivity contribution in [2.75, 3.05) is 44.2 Å². The molecule has 3 saturated heterocycles. The third-order valence-corrected chi connectivity index (χ3v) is 15.3. The van der Waals surface area contributed by atoms with Gasteiger partial charge in [-0.2, -0.15) is 0 Å². The molecule has 17 heteroatoms. The summed E-state index contributed by atoms with van der Waals surface area (Å²) in [5.74, 6) is -3.76. The van der Waals surface area contributed by atoms with E-state index in [1.807, 2.05) is 41.3 Å². The van der Waals surface area contributed by atoms with Gasteiger partial charge in [-0.1, -0.05) is 59.6 Å². The van der Waals surface area contributed by atoms with Crippen LogP contribution in [0.2, 0.25) is 10.0 Å². The average Bonchev–Trinajstić information content (AvgIpc) is 3.61. The van der Waals surface area contributed by atoms with E-state index in [0.717, 1.165) is 61.8 Å². The Labute approximate surface area is 416 Å². The van der Waals surface area contributed by atoms with Crippen LogP contribution in [-0.4, -0.2) is 109 Å². The largest absolute Gasteiger partial charge is 0.491 e. The fraction of sp³-hybridized carbons (Fsp3) is 0.434. The van der Waals surface area contributed by atoms with Gasteiger partial charge >= 0.3 is 0 Å². The third kappa shape index (κ3) is 10.0. The van der Waals surface area contributed by atoms with E-state index in [1.165, 1.54) is 12.1 Å². The molecule has 5 aliphatic rings. The Morgan fingerprint density at radius 1 is 0.800 bits per heavy atom. The molecule has 4 N–H and O–H groups in total. The van der Waals surface area contributed by atoms with Crippen LogP contribution in [0.3, 0.4) is 0 Å². The lowest BCUT2D eigenvalue weighted by Crippen LogP contribution is -2.54. The summed E-state index contributed by atoms with van der Waals surface area (Å²) in [5.41, 5.74) is 8.85. The van der Waals surface area contributed by atoms with Crippen molar-refractivity contribution in [1.82, 2.24) is 20.4 Å². The molecular weight excluding hydrogens is 939 g/mol. The molecule has 0 aromatic heterocycles. The fourth-order valence-electron chi connectivity index (χ4n) is 11.0. The zero-order chi connectivity index (χ0) is 49.2. The lowest BCUT2D eigenvalue weighted by atomic mass is 9.83. The summed E-state index contributed by atoms with van der Waals surface area (Å²) in [6.07, 6.45) is 6.38. The molecule has 6 amide bonds. The molecule has 1 aliphatic carbocycles. The maximum absolute atomic E-state index is 16.1. The molecule has 70 heavy (non-hydrogen) atoms. The first-order valence-corrected chi connectivity index (χ1v) is 25.1. The van der Waals surface area contributed by atoms with Gasteiger partial charge < -0.3 is 30.3 Å². The molecule has 14 nitrogen and oxygen atoms in total. The topological polar surface area (TPSA) is 181 Å². The predicted molar refractivity (Wildman–Crippen MR) is 263 cm³/mol. The number of likely N-dealkylation sites (tertiary alicyclic amines) is 1. The van der Waals surface area contributed by atoms with E-state index >= 15 is 4.39 Å². The number of nitrogens with two attached hydrogens (primary N) is 1. The summed E-state index contributed by atoms with van der Waals surface area (Å²) >= 11 is 13.7. The minimum Gasteiger partial charge on any atom is -0.491 e. The molecule has 4 heterocycles. The molecule has 1 saturated carbocycles. The lowest BCUT2D eigenvalue weighted by molar-refractivity contribution is -0.140. The summed E-state index contributed by atoms with van der Waals surface area (Å²) in [6, 6.07) is 20.4.